The molecule has 0 spiro atoms. The monoisotopic (exact) mass is 546 g/mol. The summed E-state index contributed by atoms with van der Waals surface area (Å²) in [5.41, 5.74) is 0.288. The van der Waals surface area contributed by atoms with Crippen molar-refractivity contribution >= 4 is 29.3 Å². The third-order valence-corrected chi connectivity index (χ3v) is 8.46. The first-order chi connectivity index (χ1) is 17.2. The molecule has 0 aliphatic carbocycles. The van der Waals surface area contributed by atoms with Gasteiger partial charge in [0.2, 0.25) is 5.91 Å². The van der Waals surface area contributed by atoms with E-state index in [1.54, 1.807) is 25.3 Å². The Morgan fingerprint density at radius 2 is 2.00 bits per heavy atom. The van der Waals surface area contributed by atoms with Crippen molar-refractivity contribution < 1.29 is 29.2 Å². The van der Waals surface area contributed by atoms with Gasteiger partial charge in [-0.15, -0.1) is 23.4 Å². The van der Waals surface area contributed by atoms with Gasteiger partial charge < -0.3 is 30.7 Å². The van der Waals surface area contributed by atoms with E-state index >= 15 is 0 Å². The molecule has 3 rings (SSSR count). The fourth-order valence-corrected chi connectivity index (χ4v) is 6.05. The van der Waals surface area contributed by atoms with Crippen LogP contribution < -0.4 is 10.6 Å². The van der Waals surface area contributed by atoms with Crippen LogP contribution in [-0.4, -0.2) is 81.3 Å². The largest absolute Gasteiger partial charge is 0.388 e. The molecule has 2 aliphatic rings. The first-order valence-corrected chi connectivity index (χ1v) is 14.6. The summed E-state index contributed by atoms with van der Waals surface area (Å²) in [5.74, 6) is 0.115. The summed E-state index contributed by atoms with van der Waals surface area (Å²) in [6, 6.07) is 5.63. The van der Waals surface area contributed by atoms with Crippen molar-refractivity contribution in [1.29, 1.82) is 0 Å². The third-order valence-electron chi connectivity index (χ3n) is 7.34. The molecule has 0 radical (unpaired) electrons. The number of unbranched alkanes of at least 4 members (excludes halogenated alkanes) is 1. The lowest BCUT2D eigenvalue weighted by molar-refractivity contribution is -0.205. The van der Waals surface area contributed by atoms with E-state index in [0.29, 0.717) is 12.3 Å². The highest BCUT2D eigenvalue weighted by molar-refractivity contribution is 7.99. The summed E-state index contributed by atoms with van der Waals surface area (Å²) in [7, 11) is 0. The minimum absolute atomic E-state index is 0.195. The van der Waals surface area contributed by atoms with Crippen LogP contribution in [0.3, 0.4) is 0 Å². The van der Waals surface area contributed by atoms with E-state index in [1.807, 2.05) is 6.07 Å². The Hall–Kier alpha value is -0.940. The van der Waals surface area contributed by atoms with Crippen molar-refractivity contribution in [3.63, 3.8) is 0 Å². The van der Waals surface area contributed by atoms with Crippen molar-refractivity contribution in [3.05, 3.63) is 35.6 Å². The number of ether oxygens (including phenoxy) is 1. The fraction of sp³-hybridized carbons (Fsp3) is 0.731. The molecule has 204 valence electrons. The number of nitrogens with one attached hydrogen (secondary N) is 2. The second kappa shape index (κ2) is 14.3. The van der Waals surface area contributed by atoms with Crippen molar-refractivity contribution in [2.24, 2.45) is 5.92 Å². The van der Waals surface area contributed by atoms with Crippen molar-refractivity contribution in [2.75, 3.05) is 12.8 Å². The predicted molar refractivity (Wildman–Crippen MR) is 141 cm³/mol. The van der Waals surface area contributed by atoms with Gasteiger partial charge >= 0.3 is 0 Å². The van der Waals surface area contributed by atoms with Crippen LogP contribution in [0.25, 0.3) is 0 Å². The summed E-state index contributed by atoms with van der Waals surface area (Å²) < 4.78 is 19.2. The number of amides is 1. The second-order valence-electron chi connectivity index (χ2n) is 10.0. The van der Waals surface area contributed by atoms with Gasteiger partial charge in [0.25, 0.3) is 0 Å². The predicted octanol–water partition coefficient (Wildman–Crippen LogP) is 2.58. The fourth-order valence-electron chi connectivity index (χ4n) is 5.17. The van der Waals surface area contributed by atoms with Gasteiger partial charge in [-0.2, -0.15) is 0 Å². The van der Waals surface area contributed by atoms with Gasteiger partial charge in [-0.05, 0) is 75.4 Å². The van der Waals surface area contributed by atoms with Gasteiger partial charge in [0, 0.05) is 0 Å². The Morgan fingerprint density at radius 3 is 2.69 bits per heavy atom. The number of carbonyl (C=O) groups excluding carboxylic acids is 1. The zero-order valence-corrected chi connectivity index (χ0v) is 22.6. The summed E-state index contributed by atoms with van der Waals surface area (Å²) in [6.07, 6.45) is 3.39. The number of alkyl halides is 1. The van der Waals surface area contributed by atoms with E-state index in [1.165, 1.54) is 17.8 Å². The molecule has 2 heterocycles. The lowest BCUT2D eigenvalue weighted by Gasteiger charge is -2.44. The Bertz CT molecular complexity index is 835. The molecule has 2 fully saturated rings. The average Bonchev–Trinajstić information content (AvgIpc) is 3.10. The average molecular weight is 547 g/mol. The number of benzene rings is 1. The van der Waals surface area contributed by atoms with Gasteiger partial charge in [0.15, 0.2) is 0 Å². The molecule has 36 heavy (non-hydrogen) atoms. The van der Waals surface area contributed by atoms with Gasteiger partial charge in [0.05, 0.1) is 17.5 Å². The molecule has 0 bridgehead atoms. The van der Waals surface area contributed by atoms with E-state index in [4.69, 9.17) is 16.3 Å². The summed E-state index contributed by atoms with van der Waals surface area (Å²) in [6.45, 7) is 2.43. The topological polar surface area (TPSA) is 111 Å². The van der Waals surface area contributed by atoms with Crippen LogP contribution in [0.15, 0.2) is 24.3 Å². The Labute approximate surface area is 222 Å². The quantitative estimate of drug-likeness (QED) is 0.226. The van der Waals surface area contributed by atoms with Crippen molar-refractivity contribution in [2.45, 2.75) is 99.2 Å². The zero-order valence-electron chi connectivity index (χ0n) is 21.0. The Kier molecular flexibility index (Phi) is 11.7. The molecule has 7 nitrogen and oxygen atoms in total. The number of hydrogen-bond acceptors (Lipinski definition) is 7. The molecular formula is C26H40ClFN2O5S. The summed E-state index contributed by atoms with van der Waals surface area (Å²) in [5, 5.41) is 36.7. The zero-order chi connectivity index (χ0) is 26.2. The molecule has 9 atom stereocenters. The molecular weight excluding hydrogens is 507 g/mol. The summed E-state index contributed by atoms with van der Waals surface area (Å²) in [4.78, 5) is 13.1. The molecule has 1 amide bonds. The number of carbonyl (C=O) groups is 1. The van der Waals surface area contributed by atoms with Crippen LogP contribution in [-0.2, 0) is 16.0 Å². The number of hydrogen-bond donors (Lipinski definition) is 5. The maximum atomic E-state index is 13.3. The van der Waals surface area contributed by atoms with Crippen molar-refractivity contribution in [3.8, 4) is 0 Å². The first-order valence-electron chi connectivity index (χ1n) is 12.9. The molecule has 0 aromatic heterocycles. The smallest absolute Gasteiger partial charge is 0.237 e. The minimum Gasteiger partial charge on any atom is -0.388 e. The van der Waals surface area contributed by atoms with Crippen LogP contribution in [0, 0.1) is 11.7 Å². The summed E-state index contributed by atoms with van der Waals surface area (Å²) >= 11 is 7.60. The number of rotatable bonds is 10. The number of halogens is 2. The highest BCUT2D eigenvalue weighted by Crippen LogP contribution is 2.30. The van der Waals surface area contributed by atoms with Gasteiger partial charge in [-0.3, -0.25) is 4.79 Å². The molecule has 2 saturated heterocycles. The molecule has 2 unspecified atom stereocenters. The Balaban J connectivity index is 1.48. The second-order valence-corrected chi connectivity index (χ2v) is 11.6. The lowest BCUT2D eigenvalue weighted by Crippen LogP contribution is -2.65. The SMILES string of the molecule is CSC1O[C@H]([C@H](NC(=O)[C@@H]2CC[C@H](CCCCc3cccc(F)c3)CCN2)[C@H](C)Cl)[C@@H](O)C(O)[C@H]1O. The highest BCUT2D eigenvalue weighted by Gasteiger charge is 2.48. The Morgan fingerprint density at radius 1 is 1.22 bits per heavy atom. The normalized spacial score (nSPS) is 32.9. The lowest BCUT2D eigenvalue weighted by atomic mass is 9.91. The molecule has 5 N–H and O–H groups in total. The van der Waals surface area contributed by atoms with Crippen LogP contribution in [0.2, 0.25) is 0 Å². The minimum atomic E-state index is -1.39. The highest BCUT2D eigenvalue weighted by atomic mass is 35.5. The molecule has 1 aromatic carbocycles. The van der Waals surface area contributed by atoms with Crippen LogP contribution >= 0.6 is 23.4 Å². The number of aryl methyl sites for hydroxylation is 1. The number of aliphatic hydroxyl groups is 3. The van der Waals surface area contributed by atoms with Crippen molar-refractivity contribution in [1.82, 2.24) is 10.6 Å². The number of thioether (sulfide) groups is 1. The molecule has 10 heteroatoms. The third kappa shape index (κ3) is 8.03. The van der Waals surface area contributed by atoms with E-state index in [9.17, 15) is 24.5 Å². The molecule has 1 aromatic rings. The maximum Gasteiger partial charge on any atom is 0.237 e. The number of aliphatic hydroxyl groups excluding tert-OH is 3. The van der Waals surface area contributed by atoms with E-state index in [2.05, 4.69) is 10.6 Å². The molecule has 2 aliphatic heterocycles. The van der Waals surface area contributed by atoms with Crippen LogP contribution in [0.4, 0.5) is 4.39 Å². The molecule has 0 saturated carbocycles. The maximum absolute atomic E-state index is 13.3. The van der Waals surface area contributed by atoms with Gasteiger partial charge in [-0.1, -0.05) is 25.0 Å². The van der Waals surface area contributed by atoms with Gasteiger partial charge in [-0.25, -0.2) is 4.39 Å². The van der Waals surface area contributed by atoms with Crippen LogP contribution in [0.5, 0.6) is 0 Å². The van der Waals surface area contributed by atoms with Gasteiger partial charge in [0.1, 0.15) is 35.7 Å². The van der Waals surface area contributed by atoms with Crippen LogP contribution in [0.1, 0.15) is 51.0 Å². The van der Waals surface area contributed by atoms with E-state index in [0.717, 1.165) is 50.6 Å². The first kappa shape index (κ1) is 29.6. The van der Waals surface area contributed by atoms with E-state index < -0.39 is 41.3 Å². The van der Waals surface area contributed by atoms with E-state index in [-0.39, 0.29) is 17.8 Å². The standard InChI is InChI=1S/C26H40ClFN2O5S/c1-15(27)20(24-22(32)21(31)23(33)26(35-24)36-2)30-25(34)19-11-10-16(12-13-29-19)6-3-4-7-17-8-5-9-18(28)14-17/h5,8-9,14-16,19-24,26,29,31-33H,3-4,6-7,10-13H2,1-2H3,(H,30,34)/t15-,16-,19-,20+,21?,22-,23+,24+,26?/m0/s1.